The monoisotopic (exact) mass is 224 g/mol. The number of aryl methyl sites for hydroxylation is 1. The van der Waals surface area contributed by atoms with Crippen LogP contribution in [-0.4, -0.2) is 9.97 Å². The number of aromatic nitrogens is 2. The third-order valence-electron chi connectivity index (χ3n) is 2.27. The van der Waals surface area contributed by atoms with Crippen molar-refractivity contribution in [1.29, 1.82) is 5.26 Å². The van der Waals surface area contributed by atoms with Crippen LogP contribution in [0.15, 0.2) is 36.4 Å². The lowest BCUT2D eigenvalue weighted by atomic mass is 10.2. The van der Waals surface area contributed by atoms with Crippen molar-refractivity contribution in [2.45, 2.75) is 13.5 Å². The van der Waals surface area contributed by atoms with Gasteiger partial charge in [0.25, 0.3) is 0 Å². The quantitative estimate of drug-likeness (QED) is 0.868. The van der Waals surface area contributed by atoms with E-state index in [9.17, 15) is 0 Å². The van der Waals surface area contributed by atoms with Gasteiger partial charge < -0.3 is 5.32 Å². The average Bonchev–Trinajstić information content (AvgIpc) is 2.37. The number of anilines is 1. The SMILES string of the molecule is Cc1nc(C#N)cc(NCc2ccccc2)n1. The van der Waals surface area contributed by atoms with E-state index in [1.165, 1.54) is 5.56 Å². The maximum Gasteiger partial charge on any atom is 0.146 e. The van der Waals surface area contributed by atoms with Gasteiger partial charge in [-0.15, -0.1) is 0 Å². The van der Waals surface area contributed by atoms with Crippen LogP contribution in [0.4, 0.5) is 5.82 Å². The molecule has 0 radical (unpaired) electrons. The lowest BCUT2D eigenvalue weighted by molar-refractivity contribution is 1.01. The van der Waals surface area contributed by atoms with Crippen LogP contribution < -0.4 is 5.32 Å². The largest absolute Gasteiger partial charge is 0.366 e. The zero-order valence-electron chi connectivity index (χ0n) is 9.51. The highest BCUT2D eigenvalue weighted by Gasteiger charge is 2.00. The molecule has 0 aliphatic carbocycles. The van der Waals surface area contributed by atoms with Gasteiger partial charge in [0.1, 0.15) is 23.4 Å². The third kappa shape index (κ3) is 3.02. The summed E-state index contributed by atoms with van der Waals surface area (Å²) in [4.78, 5) is 8.22. The molecule has 0 amide bonds. The lowest BCUT2D eigenvalue weighted by Crippen LogP contribution is -2.03. The summed E-state index contributed by atoms with van der Waals surface area (Å²) in [7, 11) is 0. The fourth-order valence-electron chi connectivity index (χ4n) is 1.50. The molecule has 0 saturated heterocycles. The highest BCUT2D eigenvalue weighted by atomic mass is 15.0. The van der Waals surface area contributed by atoms with Gasteiger partial charge in [0.15, 0.2) is 0 Å². The van der Waals surface area contributed by atoms with E-state index in [4.69, 9.17) is 5.26 Å². The molecule has 4 nitrogen and oxygen atoms in total. The van der Waals surface area contributed by atoms with Crippen LogP contribution in [0.1, 0.15) is 17.1 Å². The molecule has 0 fully saturated rings. The van der Waals surface area contributed by atoms with Gasteiger partial charge in [-0.3, -0.25) is 0 Å². The highest BCUT2D eigenvalue weighted by molar-refractivity contribution is 5.40. The minimum atomic E-state index is 0.382. The molecule has 0 aliphatic heterocycles. The van der Waals surface area contributed by atoms with Crippen LogP contribution in [-0.2, 0) is 6.54 Å². The summed E-state index contributed by atoms with van der Waals surface area (Å²) in [5.41, 5.74) is 1.55. The fourth-order valence-corrected chi connectivity index (χ4v) is 1.50. The lowest BCUT2D eigenvalue weighted by Gasteiger charge is -2.06. The van der Waals surface area contributed by atoms with Gasteiger partial charge in [0.2, 0.25) is 0 Å². The molecule has 2 rings (SSSR count). The van der Waals surface area contributed by atoms with Crippen LogP contribution in [0.3, 0.4) is 0 Å². The smallest absolute Gasteiger partial charge is 0.146 e. The molecule has 0 unspecified atom stereocenters. The Morgan fingerprint density at radius 1 is 1.24 bits per heavy atom. The first kappa shape index (κ1) is 11.1. The summed E-state index contributed by atoms with van der Waals surface area (Å²) >= 11 is 0. The minimum absolute atomic E-state index is 0.382. The second-order valence-corrected chi connectivity index (χ2v) is 3.64. The van der Waals surface area contributed by atoms with E-state index in [1.54, 1.807) is 13.0 Å². The van der Waals surface area contributed by atoms with Crippen molar-refractivity contribution in [3.05, 3.63) is 53.5 Å². The third-order valence-corrected chi connectivity index (χ3v) is 2.27. The predicted molar refractivity (Wildman–Crippen MR) is 65.3 cm³/mol. The number of nitrogens with one attached hydrogen (secondary N) is 1. The average molecular weight is 224 g/mol. The molecule has 1 N–H and O–H groups in total. The number of benzene rings is 1. The van der Waals surface area contributed by atoms with Crippen LogP contribution in [0.25, 0.3) is 0 Å². The molecule has 1 heterocycles. The van der Waals surface area contributed by atoms with Crippen molar-refractivity contribution in [3.8, 4) is 6.07 Å². The molecular weight excluding hydrogens is 212 g/mol. The summed E-state index contributed by atoms with van der Waals surface area (Å²) in [5, 5.41) is 12.0. The Labute approximate surface area is 100.0 Å². The van der Waals surface area contributed by atoms with Gasteiger partial charge >= 0.3 is 0 Å². The first-order chi connectivity index (χ1) is 8.28. The number of hydrogen-bond acceptors (Lipinski definition) is 4. The van der Waals surface area contributed by atoms with Crippen molar-refractivity contribution in [1.82, 2.24) is 9.97 Å². The Kier molecular flexibility index (Phi) is 3.31. The molecule has 1 aromatic heterocycles. The highest BCUT2D eigenvalue weighted by Crippen LogP contribution is 2.08. The van der Waals surface area contributed by atoms with Crippen LogP contribution in [0, 0.1) is 18.3 Å². The van der Waals surface area contributed by atoms with E-state index in [0.717, 1.165) is 0 Å². The summed E-state index contributed by atoms with van der Waals surface area (Å²) in [6.45, 7) is 2.46. The number of nitriles is 1. The molecule has 4 heteroatoms. The maximum atomic E-state index is 8.80. The standard InChI is InChI=1S/C13H12N4/c1-10-16-12(8-14)7-13(17-10)15-9-11-5-3-2-4-6-11/h2-7H,9H2,1H3,(H,15,16,17). The summed E-state index contributed by atoms with van der Waals surface area (Å²) in [5.74, 6) is 1.28. The van der Waals surface area contributed by atoms with Gasteiger partial charge in [-0.05, 0) is 12.5 Å². The van der Waals surface area contributed by atoms with Crippen molar-refractivity contribution in [2.24, 2.45) is 0 Å². The molecule has 0 bridgehead atoms. The number of rotatable bonds is 3. The second kappa shape index (κ2) is 5.08. The number of nitrogens with zero attached hydrogens (tertiary/aromatic N) is 3. The normalized spacial score (nSPS) is 9.65. The molecule has 1 aromatic carbocycles. The van der Waals surface area contributed by atoms with E-state index >= 15 is 0 Å². The van der Waals surface area contributed by atoms with Crippen molar-refractivity contribution in [3.63, 3.8) is 0 Å². The first-order valence-electron chi connectivity index (χ1n) is 5.31. The zero-order valence-corrected chi connectivity index (χ0v) is 9.51. The Hall–Kier alpha value is -2.41. The Morgan fingerprint density at radius 2 is 2.00 bits per heavy atom. The van der Waals surface area contributed by atoms with Gasteiger partial charge in [-0.1, -0.05) is 30.3 Å². The Balaban J connectivity index is 2.10. The fraction of sp³-hybridized carbons (Fsp3) is 0.154. The molecule has 0 aliphatic rings. The molecular formula is C13H12N4. The molecule has 2 aromatic rings. The van der Waals surface area contributed by atoms with E-state index < -0.39 is 0 Å². The summed E-state index contributed by atoms with van der Waals surface area (Å²) in [6, 6.07) is 13.7. The van der Waals surface area contributed by atoms with E-state index in [-0.39, 0.29) is 0 Å². The zero-order chi connectivity index (χ0) is 12.1. The summed E-state index contributed by atoms with van der Waals surface area (Å²) in [6.07, 6.45) is 0. The molecule has 0 saturated carbocycles. The van der Waals surface area contributed by atoms with Crippen molar-refractivity contribution < 1.29 is 0 Å². The van der Waals surface area contributed by atoms with Gasteiger partial charge in [-0.25, -0.2) is 9.97 Å². The predicted octanol–water partition coefficient (Wildman–Crippen LogP) is 2.27. The molecule has 84 valence electrons. The Bertz CT molecular complexity index is 543. The van der Waals surface area contributed by atoms with Crippen molar-refractivity contribution >= 4 is 5.82 Å². The van der Waals surface area contributed by atoms with Crippen LogP contribution >= 0.6 is 0 Å². The molecule has 0 spiro atoms. The maximum absolute atomic E-state index is 8.80. The molecule has 0 atom stereocenters. The summed E-state index contributed by atoms with van der Waals surface area (Å²) < 4.78 is 0. The Morgan fingerprint density at radius 3 is 2.71 bits per heavy atom. The van der Waals surface area contributed by atoms with Gasteiger partial charge in [0.05, 0.1) is 0 Å². The van der Waals surface area contributed by atoms with E-state index in [2.05, 4.69) is 15.3 Å². The molecule has 17 heavy (non-hydrogen) atoms. The van der Waals surface area contributed by atoms with Crippen molar-refractivity contribution in [2.75, 3.05) is 5.32 Å². The minimum Gasteiger partial charge on any atom is -0.366 e. The van der Waals surface area contributed by atoms with E-state index in [1.807, 2.05) is 36.4 Å². The van der Waals surface area contributed by atoms with Crippen LogP contribution in [0.5, 0.6) is 0 Å². The van der Waals surface area contributed by atoms with Crippen LogP contribution in [0.2, 0.25) is 0 Å². The van der Waals surface area contributed by atoms with Gasteiger partial charge in [-0.2, -0.15) is 5.26 Å². The van der Waals surface area contributed by atoms with E-state index in [0.29, 0.717) is 23.9 Å². The first-order valence-corrected chi connectivity index (χ1v) is 5.31. The van der Waals surface area contributed by atoms with Gasteiger partial charge in [0, 0.05) is 12.6 Å². The second-order valence-electron chi connectivity index (χ2n) is 3.64. The number of hydrogen-bond donors (Lipinski definition) is 1. The topological polar surface area (TPSA) is 61.6 Å².